The summed E-state index contributed by atoms with van der Waals surface area (Å²) in [5, 5.41) is 3.63. The fourth-order valence-corrected chi connectivity index (χ4v) is 4.95. The van der Waals surface area contributed by atoms with E-state index in [0.717, 1.165) is 32.1 Å². The molecule has 6 nitrogen and oxygen atoms in total. The average Bonchev–Trinajstić information content (AvgIpc) is 3.37. The van der Waals surface area contributed by atoms with E-state index >= 15 is 0 Å². The summed E-state index contributed by atoms with van der Waals surface area (Å²) in [5.74, 6) is 1.02. The Bertz CT molecular complexity index is 512. The Morgan fingerprint density at radius 2 is 1.96 bits per heavy atom. The van der Waals surface area contributed by atoms with Crippen LogP contribution in [0.4, 0.5) is 0 Å². The first-order chi connectivity index (χ1) is 12.5. The molecule has 6 heteroatoms. The quantitative estimate of drug-likeness (QED) is 0.597. The molecule has 0 aromatic carbocycles. The van der Waals surface area contributed by atoms with Gasteiger partial charge in [-0.05, 0) is 50.6 Å². The minimum absolute atomic E-state index is 0.0649. The van der Waals surface area contributed by atoms with Gasteiger partial charge < -0.3 is 15.1 Å². The van der Waals surface area contributed by atoms with Gasteiger partial charge in [-0.25, -0.2) is 4.99 Å². The van der Waals surface area contributed by atoms with Crippen molar-refractivity contribution in [1.82, 2.24) is 20.0 Å². The van der Waals surface area contributed by atoms with E-state index in [-0.39, 0.29) is 12.5 Å². The summed E-state index contributed by atoms with van der Waals surface area (Å²) in [6.45, 7) is 7.92. The molecule has 1 N–H and O–H groups in total. The van der Waals surface area contributed by atoms with Crippen molar-refractivity contribution < 1.29 is 4.79 Å². The third-order valence-corrected chi connectivity index (χ3v) is 6.67. The summed E-state index contributed by atoms with van der Waals surface area (Å²) in [4.78, 5) is 23.3. The molecule has 3 rings (SSSR count). The van der Waals surface area contributed by atoms with E-state index in [1.807, 2.05) is 0 Å². The predicted molar refractivity (Wildman–Crippen MR) is 106 cm³/mol. The molecule has 0 aromatic heterocycles. The predicted octanol–water partition coefficient (Wildman–Crippen LogP) is 1.77. The number of aliphatic imine (C=N–C) groups is 1. The highest BCUT2D eigenvalue weighted by Crippen LogP contribution is 2.45. The van der Waals surface area contributed by atoms with Crippen LogP contribution in [-0.2, 0) is 4.79 Å². The van der Waals surface area contributed by atoms with Crippen molar-refractivity contribution in [3.8, 4) is 0 Å². The summed E-state index contributed by atoms with van der Waals surface area (Å²) in [5.41, 5.74) is 0.511. The largest absolute Gasteiger partial charge is 0.355 e. The highest BCUT2D eigenvalue weighted by Gasteiger charge is 2.41. The van der Waals surface area contributed by atoms with Crippen molar-refractivity contribution in [2.24, 2.45) is 10.4 Å². The van der Waals surface area contributed by atoms with Crippen LogP contribution in [0.25, 0.3) is 0 Å². The maximum Gasteiger partial charge on any atom is 0.243 e. The Kier molecular flexibility index (Phi) is 6.43. The number of carbonyl (C=O) groups is 1. The average molecular weight is 364 g/mol. The summed E-state index contributed by atoms with van der Waals surface area (Å²) in [6, 6.07) is 0.595. The first-order valence-electron chi connectivity index (χ1n) is 10.5. The Hall–Kier alpha value is -1.30. The van der Waals surface area contributed by atoms with E-state index in [9.17, 15) is 4.79 Å². The molecule has 3 aliphatic rings. The SMILES string of the molecule is CCN1CCCC1CNC(=NCC(=O)N(C)C)N1CCC2(CCCC2)C1. The number of nitrogens with zero attached hydrogens (tertiary/aromatic N) is 4. The van der Waals surface area contributed by atoms with E-state index in [1.165, 1.54) is 51.5 Å². The molecular formula is C20H37N5O. The molecule has 2 heterocycles. The van der Waals surface area contributed by atoms with Crippen molar-refractivity contribution in [2.75, 3.05) is 53.4 Å². The summed E-state index contributed by atoms with van der Waals surface area (Å²) in [6.07, 6.45) is 9.30. The van der Waals surface area contributed by atoms with Crippen LogP contribution in [0, 0.1) is 5.41 Å². The van der Waals surface area contributed by atoms with E-state index in [2.05, 4.69) is 22.0 Å². The number of likely N-dealkylation sites (N-methyl/N-ethyl adjacent to an activating group) is 2. The molecule has 1 amide bonds. The number of nitrogens with one attached hydrogen (secondary N) is 1. The number of rotatable bonds is 5. The van der Waals surface area contributed by atoms with Gasteiger partial charge in [0.15, 0.2) is 5.96 Å². The maximum atomic E-state index is 12.0. The zero-order valence-electron chi connectivity index (χ0n) is 17.0. The van der Waals surface area contributed by atoms with Crippen molar-refractivity contribution in [1.29, 1.82) is 0 Å². The first kappa shape index (κ1) is 19.5. The second-order valence-corrected chi connectivity index (χ2v) is 8.61. The standard InChI is InChI=1S/C20H37N5O/c1-4-24-12-7-8-17(24)14-21-19(22-15-18(26)23(2)3)25-13-11-20(16-25)9-5-6-10-20/h17H,4-16H2,1-3H3,(H,21,22). The Morgan fingerprint density at radius 3 is 2.65 bits per heavy atom. The van der Waals surface area contributed by atoms with Gasteiger partial charge in [-0.2, -0.15) is 0 Å². The molecule has 0 bridgehead atoms. The minimum atomic E-state index is 0.0649. The number of likely N-dealkylation sites (tertiary alicyclic amines) is 2. The van der Waals surface area contributed by atoms with Crippen LogP contribution in [0.3, 0.4) is 0 Å². The van der Waals surface area contributed by atoms with Crippen LogP contribution < -0.4 is 5.32 Å². The van der Waals surface area contributed by atoms with Gasteiger partial charge in [-0.3, -0.25) is 9.69 Å². The zero-order chi connectivity index (χ0) is 18.6. The molecule has 0 aromatic rings. The lowest BCUT2D eigenvalue weighted by molar-refractivity contribution is -0.127. The molecule has 2 saturated heterocycles. The van der Waals surface area contributed by atoms with Gasteiger partial charge >= 0.3 is 0 Å². The Balaban J connectivity index is 1.63. The minimum Gasteiger partial charge on any atom is -0.355 e. The molecular weight excluding hydrogens is 326 g/mol. The van der Waals surface area contributed by atoms with E-state index in [4.69, 9.17) is 4.99 Å². The summed E-state index contributed by atoms with van der Waals surface area (Å²) in [7, 11) is 3.60. The summed E-state index contributed by atoms with van der Waals surface area (Å²) >= 11 is 0. The highest BCUT2D eigenvalue weighted by atomic mass is 16.2. The number of guanidine groups is 1. The first-order valence-corrected chi connectivity index (χ1v) is 10.5. The van der Waals surface area contributed by atoms with Crippen molar-refractivity contribution in [3.63, 3.8) is 0 Å². The maximum absolute atomic E-state index is 12.0. The molecule has 1 atom stereocenters. The van der Waals surface area contributed by atoms with Gasteiger partial charge in [0.05, 0.1) is 0 Å². The zero-order valence-corrected chi connectivity index (χ0v) is 17.0. The molecule has 1 saturated carbocycles. The van der Waals surface area contributed by atoms with Gasteiger partial charge in [0, 0.05) is 39.8 Å². The molecule has 0 radical (unpaired) electrons. The number of carbonyl (C=O) groups excluding carboxylic acids is 1. The van der Waals surface area contributed by atoms with E-state index in [1.54, 1.807) is 19.0 Å². The Labute approximate surface area is 159 Å². The molecule has 1 aliphatic carbocycles. The number of hydrogen-bond donors (Lipinski definition) is 1. The monoisotopic (exact) mass is 363 g/mol. The number of hydrogen-bond acceptors (Lipinski definition) is 3. The van der Waals surface area contributed by atoms with Gasteiger partial charge in [0.1, 0.15) is 6.54 Å². The fourth-order valence-electron chi connectivity index (χ4n) is 4.95. The normalized spacial score (nSPS) is 26.0. The van der Waals surface area contributed by atoms with Crippen LogP contribution in [-0.4, -0.2) is 86.0 Å². The molecule has 2 aliphatic heterocycles. The van der Waals surface area contributed by atoms with E-state index < -0.39 is 0 Å². The number of amides is 1. The second kappa shape index (κ2) is 8.59. The fraction of sp³-hybridized carbons (Fsp3) is 0.900. The Morgan fingerprint density at radius 1 is 1.19 bits per heavy atom. The van der Waals surface area contributed by atoms with Crippen LogP contribution in [0.5, 0.6) is 0 Å². The van der Waals surface area contributed by atoms with Gasteiger partial charge in [-0.15, -0.1) is 0 Å². The lowest BCUT2D eigenvalue weighted by Gasteiger charge is -2.28. The van der Waals surface area contributed by atoms with Crippen LogP contribution in [0.2, 0.25) is 0 Å². The van der Waals surface area contributed by atoms with Crippen LogP contribution in [0.1, 0.15) is 51.9 Å². The van der Waals surface area contributed by atoms with Crippen molar-refractivity contribution in [2.45, 2.75) is 57.9 Å². The third-order valence-electron chi connectivity index (χ3n) is 6.67. The summed E-state index contributed by atoms with van der Waals surface area (Å²) < 4.78 is 0. The smallest absolute Gasteiger partial charge is 0.243 e. The molecule has 148 valence electrons. The molecule has 1 spiro atoms. The lowest BCUT2D eigenvalue weighted by Crippen LogP contribution is -2.47. The van der Waals surface area contributed by atoms with E-state index in [0.29, 0.717) is 11.5 Å². The topological polar surface area (TPSA) is 51.2 Å². The molecule has 3 fully saturated rings. The van der Waals surface area contributed by atoms with Crippen LogP contribution >= 0.6 is 0 Å². The van der Waals surface area contributed by atoms with Gasteiger partial charge in [0.25, 0.3) is 0 Å². The molecule has 26 heavy (non-hydrogen) atoms. The second-order valence-electron chi connectivity index (χ2n) is 8.61. The third kappa shape index (κ3) is 4.51. The molecule has 1 unspecified atom stereocenters. The lowest BCUT2D eigenvalue weighted by atomic mass is 9.86. The van der Waals surface area contributed by atoms with Gasteiger partial charge in [0.2, 0.25) is 5.91 Å². The highest BCUT2D eigenvalue weighted by molar-refractivity contribution is 5.85. The van der Waals surface area contributed by atoms with Crippen molar-refractivity contribution >= 4 is 11.9 Å². The van der Waals surface area contributed by atoms with Gasteiger partial charge in [-0.1, -0.05) is 19.8 Å². The van der Waals surface area contributed by atoms with Crippen molar-refractivity contribution in [3.05, 3.63) is 0 Å². The van der Waals surface area contributed by atoms with Crippen LogP contribution in [0.15, 0.2) is 4.99 Å².